The van der Waals surface area contributed by atoms with Gasteiger partial charge in [-0.1, -0.05) is 41.4 Å². The fourth-order valence-electron chi connectivity index (χ4n) is 2.65. The molecule has 0 saturated heterocycles. The van der Waals surface area contributed by atoms with Crippen LogP contribution in [0.15, 0.2) is 70.1 Å². The molecule has 0 spiro atoms. The Morgan fingerprint density at radius 2 is 1.89 bits per heavy atom. The normalized spacial score (nSPS) is 11.4. The predicted molar refractivity (Wildman–Crippen MR) is 110 cm³/mol. The van der Waals surface area contributed by atoms with Gasteiger partial charge in [0.15, 0.2) is 5.58 Å². The summed E-state index contributed by atoms with van der Waals surface area (Å²) >= 11 is 12.3. The number of nitro groups is 1. The molecule has 3 aromatic carbocycles. The van der Waals surface area contributed by atoms with E-state index in [4.69, 9.17) is 27.6 Å². The predicted octanol–water partition coefficient (Wildman–Crippen LogP) is 6.46. The second kappa shape index (κ2) is 7.42. The number of rotatable bonds is 4. The van der Waals surface area contributed by atoms with E-state index >= 15 is 0 Å². The first-order valence-corrected chi connectivity index (χ1v) is 8.90. The monoisotopic (exact) mass is 411 g/mol. The van der Waals surface area contributed by atoms with E-state index in [1.54, 1.807) is 54.7 Å². The highest BCUT2D eigenvalue weighted by molar-refractivity contribution is 6.43. The van der Waals surface area contributed by atoms with Gasteiger partial charge in [0.25, 0.3) is 5.69 Å². The quantitative estimate of drug-likeness (QED) is 0.219. The van der Waals surface area contributed by atoms with Crippen molar-refractivity contribution in [1.29, 1.82) is 0 Å². The number of oxazole rings is 1. The van der Waals surface area contributed by atoms with Gasteiger partial charge < -0.3 is 4.42 Å². The van der Waals surface area contributed by atoms with Crippen molar-refractivity contribution in [2.75, 3.05) is 0 Å². The molecule has 0 saturated carbocycles. The largest absolute Gasteiger partial charge is 0.436 e. The second-order valence-corrected chi connectivity index (χ2v) is 6.67. The van der Waals surface area contributed by atoms with Gasteiger partial charge in [0.05, 0.1) is 26.2 Å². The lowest BCUT2D eigenvalue weighted by molar-refractivity contribution is -0.384. The highest BCUT2D eigenvalue weighted by Gasteiger charge is 2.13. The lowest BCUT2D eigenvalue weighted by Gasteiger charge is -2.00. The second-order valence-electron chi connectivity index (χ2n) is 5.88. The molecule has 28 heavy (non-hydrogen) atoms. The molecule has 138 valence electrons. The molecule has 0 unspecified atom stereocenters. The maximum absolute atomic E-state index is 10.9. The Hall–Kier alpha value is -3.22. The van der Waals surface area contributed by atoms with Crippen molar-refractivity contribution in [2.45, 2.75) is 0 Å². The summed E-state index contributed by atoms with van der Waals surface area (Å²) in [5.74, 6) is 0.363. The number of aromatic nitrogens is 1. The molecule has 0 amide bonds. The summed E-state index contributed by atoms with van der Waals surface area (Å²) in [6, 6.07) is 16.8. The van der Waals surface area contributed by atoms with Gasteiger partial charge in [-0.15, -0.1) is 0 Å². The smallest absolute Gasteiger partial charge is 0.270 e. The molecule has 0 aliphatic heterocycles. The SMILES string of the molecule is O=[N+]([O-])c1cccc(C=Nc2ccc3oc(-c4cccc(Cl)c4Cl)nc3c2)c1. The molecule has 1 heterocycles. The van der Waals surface area contributed by atoms with Crippen molar-refractivity contribution >= 4 is 51.9 Å². The van der Waals surface area contributed by atoms with Crippen LogP contribution >= 0.6 is 23.2 Å². The molecule has 1 aromatic heterocycles. The van der Waals surface area contributed by atoms with Gasteiger partial charge in [-0.25, -0.2) is 4.98 Å². The Kier molecular flexibility index (Phi) is 4.81. The third-order valence-electron chi connectivity index (χ3n) is 4.00. The Balaban J connectivity index is 1.66. The van der Waals surface area contributed by atoms with Crippen molar-refractivity contribution < 1.29 is 9.34 Å². The Labute approximate surface area is 169 Å². The highest BCUT2D eigenvalue weighted by atomic mass is 35.5. The van der Waals surface area contributed by atoms with E-state index in [1.807, 2.05) is 0 Å². The Bertz CT molecular complexity index is 1230. The molecule has 0 atom stereocenters. The molecule has 0 aliphatic carbocycles. The minimum Gasteiger partial charge on any atom is -0.436 e. The van der Waals surface area contributed by atoms with Crippen LogP contribution in [0.1, 0.15) is 5.56 Å². The molecule has 8 heteroatoms. The maximum atomic E-state index is 10.9. The van der Waals surface area contributed by atoms with Gasteiger partial charge in [-0.05, 0) is 35.9 Å². The zero-order valence-corrected chi connectivity index (χ0v) is 15.7. The van der Waals surface area contributed by atoms with E-state index in [1.165, 1.54) is 12.1 Å². The first-order valence-electron chi connectivity index (χ1n) is 8.15. The van der Waals surface area contributed by atoms with E-state index in [0.29, 0.717) is 43.9 Å². The molecule has 0 fully saturated rings. The third kappa shape index (κ3) is 3.60. The van der Waals surface area contributed by atoms with Crippen molar-refractivity contribution in [1.82, 2.24) is 4.98 Å². The number of nitro benzene ring substituents is 1. The van der Waals surface area contributed by atoms with Crippen LogP contribution in [0.2, 0.25) is 10.0 Å². The molecular weight excluding hydrogens is 401 g/mol. The van der Waals surface area contributed by atoms with Crippen molar-refractivity contribution in [3.05, 3.63) is 86.4 Å². The van der Waals surface area contributed by atoms with Crippen LogP contribution in [-0.2, 0) is 0 Å². The number of nitrogens with zero attached hydrogens (tertiary/aromatic N) is 3. The van der Waals surface area contributed by atoms with Crippen LogP contribution in [0.25, 0.3) is 22.6 Å². The van der Waals surface area contributed by atoms with E-state index in [0.717, 1.165) is 0 Å². The summed E-state index contributed by atoms with van der Waals surface area (Å²) in [5.41, 5.74) is 3.07. The van der Waals surface area contributed by atoms with Gasteiger partial charge in [0.1, 0.15) is 5.52 Å². The van der Waals surface area contributed by atoms with Crippen LogP contribution in [0.3, 0.4) is 0 Å². The standard InChI is InChI=1S/C20H11Cl2N3O3/c21-16-6-2-5-15(19(16)22)20-24-17-10-13(7-8-18(17)28-20)23-11-12-3-1-4-14(9-12)25(26)27/h1-11H. The number of aliphatic imine (C=N–C) groups is 1. The van der Waals surface area contributed by atoms with E-state index in [2.05, 4.69) is 9.98 Å². The van der Waals surface area contributed by atoms with E-state index in [9.17, 15) is 10.1 Å². The number of hydrogen-bond acceptors (Lipinski definition) is 5. The molecule has 0 radical (unpaired) electrons. The van der Waals surface area contributed by atoms with E-state index < -0.39 is 4.92 Å². The summed E-state index contributed by atoms with van der Waals surface area (Å²) in [6.07, 6.45) is 1.56. The number of fused-ring (bicyclic) bond motifs is 1. The van der Waals surface area contributed by atoms with Crippen molar-refractivity contribution in [3.8, 4) is 11.5 Å². The van der Waals surface area contributed by atoms with Gasteiger partial charge in [-0.2, -0.15) is 0 Å². The molecule has 0 N–H and O–H groups in total. The average molecular weight is 412 g/mol. The molecule has 0 aliphatic rings. The molecular formula is C20H11Cl2N3O3. The van der Waals surface area contributed by atoms with Gasteiger partial charge in [0.2, 0.25) is 5.89 Å². The molecule has 4 rings (SSSR count). The topological polar surface area (TPSA) is 81.5 Å². The first-order chi connectivity index (χ1) is 13.5. The van der Waals surface area contributed by atoms with Crippen molar-refractivity contribution in [2.24, 2.45) is 4.99 Å². The zero-order chi connectivity index (χ0) is 19.7. The molecule has 6 nitrogen and oxygen atoms in total. The zero-order valence-electron chi connectivity index (χ0n) is 14.2. The van der Waals surface area contributed by atoms with Gasteiger partial charge in [-0.3, -0.25) is 15.1 Å². The number of hydrogen-bond donors (Lipinski definition) is 0. The minimum atomic E-state index is -0.443. The van der Waals surface area contributed by atoms with Crippen molar-refractivity contribution in [3.63, 3.8) is 0 Å². The van der Waals surface area contributed by atoms with Gasteiger partial charge in [0, 0.05) is 18.3 Å². The molecule has 0 bridgehead atoms. The van der Waals surface area contributed by atoms with Crippen LogP contribution < -0.4 is 0 Å². The van der Waals surface area contributed by atoms with Crippen LogP contribution in [-0.4, -0.2) is 16.1 Å². The van der Waals surface area contributed by atoms with Gasteiger partial charge >= 0.3 is 0 Å². The van der Waals surface area contributed by atoms with Crippen LogP contribution in [0.5, 0.6) is 0 Å². The summed E-state index contributed by atoms with van der Waals surface area (Å²) in [5, 5.41) is 11.7. The minimum absolute atomic E-state index is 0.0129. The Morgan fingerprint density at radius 1 is 1.07 bits per heavy atom. The number of non-ortho nitro benzene ring substituents is 1. The third-order valence-corrected chi connectivity index (χ3v) is 4.82. The molecule has 4 aromatic rings. The first kappa shape index (κ1) is 18.2. The Morgan fingerprint density at radius 3 is 2.71 bits per heavy atom. The summed E-state index contributed by atoms with van der Waals surface area (Å²) < 4.78 is 5.77. The summed E-state index contributed by atoms with van der Waals surface area (Å²) in [6.45, 7) is 0. The number of halogens is 2. The highest BCUT2D eigenvalue weighted by Crippen LogP contribution is 2.35. The maximum Gasteiger partial charge on any atom is 0.270 e. The average Bonchev–Trinajstić information content (AvgIpc) is 3.11. The fourth-order valence-corrected chi connectivity index (χ4v) is 3.03. The van der Waals surface area contributed by atoms with E-state index in [-0.39, 0.29) is 5.69 Å². The van der Waals surface area contributed by atoms with Crippen LogP contribution in [0.4, 0.5) is 11.4 Å². The summed E-state index contributed by atoms with van der Waals surface area (Å²) in [4.78, 5) is 19.2. The lowest BCUT2D eigenvalue weighted by atomic mass is 10.2. The fraction of sp³-hybridized carbons (Fsp3) is 0. The number of benzene rings is 3. The van der Waals surface area contributed by atoms with Crippen LogP contribution in [0, 0.1) is 10.1 Å². The lowest BCUT2D eigenvalue weighted by Crippen LogP contribution is -1.89. The summed E-state index contributed by atoms with van der Waals surface area (Å²) in [7, 11) is 0.